The van der Waals surface area contributed by atoms with Gasteiger partial charge in [-0.2, -0.15) is 0 Å². The van der Waals surface area contributed by atoms with Gasteiger partial charge in [0, 0.05) is 0 Å². The first kappa shape index (κ1) is 8.79. The van der Waals surface area contributed by atoms with Crippen LogP contribution in [0, 0.1) is 0 Å². The summed E-state index contributed by atoms with van der Waals surface area (Å²) in [7, 11) is 0. The average Bonchev–Trinajstić information content (AvgIpc) is 2.14. The summed E-state index contributed by atoms with van der Waals surface area (Å²) in [6.07, 6.45) is 0. The lowest BCUT2D eigenvalue weighted by atomic mass is 9.81. The largest absolute Gasteiger partial charge is 0.316 e. The second-order valence-corrected chi connectivity index (χ2v) is 3.09. The molecule has 3 rings (SSSR count). The average molecular weight is 179 g/mol. The van der Waals surface area contributed by atoms with Crippen LogP contribution >= 0.6 is 0 Å². The van der Waals surface area contributed by atoms with Crippen LogP contribution in [-0.4, -0.2) is 23.1 Å². The van der Waals surface area contributed by atoms with E-state index in [0.29, 0.717) is 0 Å². The molecule has 13 heavy (non-hydrogen) atoms. The Morgan fingerprint density at radius 1 is 0.462 bits per heavy atom. The van der Waals surface area contributed by atoms with E-state index in [9.17, 15) is 0 Å². The molecule has 0 spiro atoms. The molecule has 0 nitrogen and oxygen atoms in total. The van der Waals surface area contributed by atoms with Gasteiger partial charge >= 0.3 is 23.1 Å². The molecule has 0 amide bonds. The molecule has 2 aromatic rings. The van der Waals surface area contributed by atoms with Gasteiger partial charge in [-0.05, 0) is 22.3 Å². The SMILES string of the molecule is [MgH2].c1ccc2c(c1)-c1ccccc1-2. The Morgan fingerprint density at radius 3 is 0.923 bits per heavy atom. The number of hydrogen-bond donors (Lipinski definition) is 0. The normalized spacial score (nSPS) is 10.5. The zero-order valence-corrected chi connectivity index (χ0v) is 6.62. The van der Waals surface area contributed by atoms with Gasteiger partial charge < -0.3 is 0 Å². The van der Waals surface area contributed by atoms with Gasteiger partial charge in [0.05, 0.1) is 0 Å². The summed E-state index contributed by atoms with van der Waals surface area (Å²) < 4.78 is 0. The monoisotopic (exact) mass is 178 g/mol. The summed E-state index contributed by atoms with van der Waals surface area (Å²) in [4.78, 5) is 0. The van der Waals surface area contributed by atoms with Crippen molar-refractivity contribution in [1.29, 1.82) is 0 Å². The molecular weight excluding hydrogens is 168 g/mol. The summed E-state index contributed by atoms with van der Waals surface area (Å²) >= 11 is 0. The molecule has 2 aromatic carbocycles. The predicted octanol–water partition coefficient (Wildman–Crippen LogP) is 2.42. The maximum absolute atomic E-state index is 2.18. The van der Waals surface area contributed by atoms with E-state index in [-0.39, 0.29) is 23.1 Å². The van der Waals surface area contributed by atoms with Gasteiger partial charge in [-0.1, -0.05) is 48.5 Å². The number of rotatable bonds is 0. The molecular formula is C12H10Mg. The zero-order chi connectivity index (χ0) is 7.97. The van der Waals surface area contributed by atoms with Crippen molar-refractivity contribution in [2.75, 3.05) is 0 Å². The Balaban J connectivity index is 0.000000653. The fourth-order valence-corrected chi connectivity index (χ4v) is 1.84. The van der Waals surface area contributed by atoms with Crippen LogP contribution in [-0.2, 0) is 0 Å². The van der Waals surface area contributed by atoms with Gasteiger partial charge in [0.15, 0.2) is 0 Å². The number of fused-ring (bicyclic) bond motifs is 4. The summed E-state index contributed by atoms with van der Waals surface area (Å²) in [5.74, 6) is 0. The first-order chi connectivity index (χ1) is 5.97. The van der Waals surface area contributed by atoms with Gasteiger partial charge in [0.25, 0.3) is 0 Å². The van der Waals surface area contributed by atoms with Gasteiger partial charge in [0.2, 0.25) is 0 Å². The molecule has 1 aliphatic carbocycles. The maximum Gasteiger partial charge on any atom is 0.316 e. The number of benzene rings is 2. The lowest BCUT2D eigenvalue weighted by molar-refractivity contribution is 1.52. The van der Waals surface area contributed by atoms with E-state index in [2.05, 4.69) is 48.5 Å². The topological polar surface area (TPSA) is 0 Å². The summed E-state index contributed by atoms with van der Waals surface area (Å²) in [5.41, 5.74) is 5.59. The third-order valence-corrected chi connectivity index (χ3v) is 2.43. The van der Waals surface area contributed by atoms with E-state index in [1.54, 1.807) is 0 Å². The summed E-state index contributed by atoms with van der Waals surface area (Å²) in [6, 6.07) is 17.1. The quantitative estimate of drug-likeness (QED) is 0.464. The Kier molecular flexibility index (Phi) is 2.14. The highest BCUT2D eigenvalue weighted by Gasteiger charge is 2.19. The highest BCUT2D eigenvalue weighted by Crippen LogP contribution is 2.46. The molecule has 1 aliphatic rings. The van der Waals surface area contributed by atoms with Crippen LogP contribution in [0.4, 0.5) is 0 Å². The van der Waals surface area contributed by atoms with Crippen molar-refractivity contribution in [3.8, 4) is 22.3 Å². The van der Waals surface area contributed by atoms with E-state index >= 15 is 0 Å². The molecule has 0 aromatic heterocycles. The Hall–Kier alpha value is -0.794. The smallest absolute Gasteiger partial charge is 0.0616 e. The van der Waals surface area contributed by atoms with Gasteiger partial charge in [-0.25, -0.2) is 0 Å². The predicted molar refractivity (Wildman–Crippen MR) is 59.4 cm³/mol. The lowest BCUT2D eigenvalue weighted by Crippen LogP contribution is -1.96. The van der Waals surface area contributed by atoms with Crippen LogP contribution in [0.2, 0.25) is 0 Å². The minimum atomic E-state index is 0. The van der Waals surface area contributed by atoms with Crippen LogP contribution in [0.25, 0.3) is 22.3 Å². The van der Waals surface area contributed by atoms with Crippen molar-refractivity contribution >= 4 is 23.1 Å². The standard InChI is InChI=1S/C12H8.Mg.2H/c1-2-6-10-9(5-1)11-7-3-4-8-12(10)11;;;/h1-8H;;;. The number of hydrogen-bond acceptors (Lipinski definition) is 0. The van der Waals surface area contributed by atoms with E-state index in [0.717, 1.165) is 0 Å². The van der Waals surface area contributed by atoms with Crippen molar-refractivity contribution in [2.24, 2.45) is 0 Å². The molecule has 0 radical (unpaired) electrons. The van der Waals surface area contributed by atoms with Crippen molar-refractivity contribution in [2.45, 2.75) is 0 Å². The van der Waals surface area contributed by atoms with E-state index in [4.69, 9.17) is 0 Å². The first-order valence-corrected chi connectivity index (χ1v) is 4.15. The molecule has 0 aliphatic heterocycles. The first-order valence-electron chi connectivity index (χ1n) is 4.15. The highest BCUT2D eigenvalue weighted by atomic mass is 24.3. The van der Waals surface area contributed by atoms with E-state index in [1.807, 2.05) is 0 Å². The van der Waals surface area contributed by atoms with Crippen molar-refractivity contribution in [3.05, 3.63) is 48.5 Å². The third-order valence-electron chi connectivity index (χ3n) is 2.43. The molecule has 0 N–H and O–H groups in total. The fraction of sp³-hybridized carbons (Fsp3) is 0. The molecule has 0 atom stereocenters. The van der Waals surface area contributed by atoms with Crippen LogP contribution in [0.1, 0.15) is 0 Å². The Labute approximate surface area is 93.8 Å². The van der Waals surface area contributed by atoms with Crippen molar-refractivity contribution in [3.63, 3.8) is 0 Å². The van der Waals surface area contributed by atoms with E-state index in [1.165, 1.54) is 22.3 Å². The minimum Gasteiger partial charge on any atom is -0.0616 e. The van der Waals surface area contributed by atoms with Crippen LogP contribution < -0.4 is 0 Å². The molecule has 0 bridgehead atoms. The molecule has 0 unspecified atom stereocenters. The molecule has 0 saturated carbocycles. The van der Waals surface area contributed by atoms with Gasteiger partial charge in [-0.3, -0.25) is 0 Å². The van der Waals surface area contributed by atoms with Crippen LogP contribution in [0.5, 0.6) is 0 Å². The molecule has 60 valence electrons. The third kappa shape index (κ3) is 1.11. The van der Waals surface area contributed by atoms with Gasteiger partial charge in [0.1, 0.15) is 0 Å². The lowest BCUT2D eigenvalue weighted by Gasteiger charge is -2.22. The second kappa shape index (κ2) is 3.16. The second-order valence-electron chi connectivity index (χ2n) is 3.09. The highest BCUT2D eigenvalue weighted by molar-refractivity contribution is 6.02. The van der Waals surface area contributed by atoms with Crippen molar-refractivity contribution in [1.82, 2.24) is 0 Å². The fourth-order valence-electron chi connectivity index (χ4n) is 1.84. The minimum absolute atomic E-state index is 0. The molecule has 0 heterocycles. The maximum atomic E-state index is 2.18. The molecule has 1 heteroatoms. The van der Waals surface area contributed by atoms with Crippen LogP contribution in [0.15, 0.2) is 48.5 Å². The summed E-state index contributed by atoms with van der Waals surface area (Å²) in [5, 5.41) is 0. The van der Waals surface area contributed by atoms with Gasteiger partial charge in [-0.15, -0.1) is 0 Å². The molecule has 0 fully saturated rings. The van der Waals surface area contributed by atoms with E-state index < -0.39 is 0 Å². The van der Waals surface area contributed by atoms with Crippen molar-refractivity contribution < 1.29 is 0 Å². The van der Waals surface area contributed by atoms with Crippen LogP contribution in [0.3, 0.4) is 0 Å². The Morgan fingerprint density at radius 2 is 0.692 bits per heavy atom. The molecule has 0 saturated heterocycles. The zero-order valence-electron chi connectivity index (χ0n) is 6.62. The Bertz CT molecular complexity index is 346. The summed E-state index contributed by atoms with van der Waals surface area (Å²) in [6.45, 7) is 0.